The Labute approximate surface area is 123 Å². The third-order valence-corrected chi connectivity index (χ3v) is 3.45. The van der Waals surface area contributed by atoms with Gasteiger partial charge in [0.1, 0.15) is 0 Å². The summed E-state index contributed by atoms with van der Waals surface area (Å²) < 4.78 is 0. The van der Waals surface area contributed by atoms with Crippen molar-refractivity contribution in [2.24, 2.45) is 0 Å². The SMILES string of the molecule is C/C=C\c1cc(-c2ccc(Cl)cc2)cc(C(=O)O)c1C. The summed E-state index contributed by atoms with van der Waals surface area (Å²) in [4.78, 5) is 11.4. The van der Waals surface area contributed by atoms with Crippen LogP contribution >= 0.6 is 11.6 Å². The molecule has 0 fully saturated rings. The Kier molecular flexibility index (Phi) is 4.26. The lowest BCUT2D eigenvalue weighted by Crippen LogP contribution is -2.02. The van der Waals surface area contributed by atoms with Crippen LogP contribution < -0.4 is 0 Å². The van der Waals surface area contributed by atoms with E-state index in [1.807, 2.05) is 44.2 Å². The Balaban J connectivity index is 2.64. The quantitative estimate of drug-likeness (QED) is 0.857. The van der Waals surface area contributed by atoms with Crippen molar-refractivity contribution in [2.75, 3.05) is 0 Å². The Bertz CT molecular complexity index is 670. The number of carboxylic acid groups (broad SMARTS) is 1. The molecule has 20 heavy (non-hydrogen) atoms. The van der Waals surface area contributed by atoms with Crippen LogP contribution in [0, 0.1) is 6.92 Å². The smallest absolute Gasteiger partial charge is 0.335 e. The van der Waals surface area contributed by atoms with Crippen molar-refractivity contribution in [2.45, 2.75) is 13.8 Å². The Morgan fingerprint density at radius 1 is 1.15 bits per heavy atom. The van der Waals surface area contributed by atoms with Crippen molar-refractivity contribution >= 4 is 23.6 Å². The first-order valence-electron chi connectivity index (χ1n) is 6.29. The van der Waals surface area contributed by atoms with Crippen LogP contribution in [0.2, 0.25) is 5.02 Å². The van der Waals surface area contributed by atoms with Gasteiger partial charge in [-0.2, -0.15) is 0 Å². The fraction of sp³-hybridized carbons (Fsp3) is 0.118. The highest BCUT2D eigenvalue weighted by molar-refractivity contribution is 6.30. The summed E-state index contributed by atoms with van der Waals surface area (Å²) in [7, 11) is 0. The average Bonchev–Trinajstić information content (AvgIpc) is 2.42. The first-order chi connectivity index (χ1) is 9.52. The van der Waals surface area contributed by atoms with E-state index in [0.717, 1.165) is 22.3 Å². The zero-order chi connectivity index (χ0) is 14.7. The van der Waals surface area contributed by atoms with E-state index >= 15 is 0 Å². The fourth-order valence-electron chi connectivity index (χ4n) is 2.12. The van der Waals surface area contributed by atoms with E-state index < -0.39 is 5.97 Å². The summed E-state index contributed by atoms with van der Waals surface area (Å²) in [5, 5.41) is 9.99. The minimum atomic E-state index is -0.913. The summed E-state index contributed by atoms with van der Waals surface area (Å²) in [6.45, 7) is 3.74. The molecule has 2 nitrogen and oxygen atoms in total. The molecule has 2 rings (SSSR count). The summed E-state index contributed by atoms with van der Waals surface area (Å²) in [6.07, 6.45) is 3.82. The van der Waals surface area contributed by atoms with Gasteiger partial charge in [0.15, 0.2) is 0 Å². The maximum atomic E-state index is 11.4. The molecule has 0 spiro atoms. The third-order valence-electron chi connectivity index (χ3n) is 3.20. The van der Waals surface area contributed by atoms with Gasteiger partial charge in [-0.1, -0.05) is 35.9 Å². The van der Waals surface area contributed by atoms with Crippen molar-refractivity contribution < 1.29 is 9.90 Å². The first-order valence-corrected chi connectivity index (χ1v) is 6.67. The number of hydrogen-bond donors (Lipinski definition) is 1. The summed E-state index contributed by atoms with van der Waals surface area (Å²) >= 11 is 5.88. The number of benzene rings is 2. The summed E-state index contributed by atoms with van der Waals surface area (Å²) in [6, 6.07) is 11.1. The van der Waals surface area contributed by atoms with Crippen LogP contribution in [0.1, 0.15) is 28.4 Å². The van der Waals surface area contributed by atoms with Gasteiger partial charge in [-0.15, -0.1) is 0 Å². The molecule has 0 unspecified atom stereocenters. The van der Waals surface area contributed by atoms with Gasteiger partial charge in [0.2, 0.25) is 0 Å². The van der Waals surface area contributed by atoms with Crippen LogP contribution in [0.5, 0.6) is 0 Å². The minimum absolute atomic E-state index is 0.325. The highest BCUT2D eigenvalue weighted by Crippen LogP contribution is 2.27. The molecule has 0 aliphatic rings. The topological polar surface area (TPSA) is 37.3 Å². The van der Waals surface area contributed by atoms with Gasteiger partial charge in [-0.05, 0) is 60.4 Å². The van der Waals surface area contributed by atoms with Crippen LogP contribution in [0.4, 0.5) is 0 Å². The Morgan fingerprint density at radius 2 is 1.80 bits per heavy atom. The van der Waals surface area contributed by atoms with E-state index in [0.29, 0.717) is 10.6 Å². The zero-order valence-electron chi connectivity index (χ0n) is 11.4. The predicted octanol–water partition coefficient (Wildman–Crippen LogP) is 5.05. The van der Waals surface area contributed by atoms with E-state index in [2.05, 4.69) is 0 Å². The molecule has 2 aromatic rings. The molecule has 0 atom stereocenters. The summed E-state index contributed by atoms with van der Waals surface area (Å²) in [5.41, 5.74) is 3.83. The van der Waals surface area contributed by atoms with Crippen LogP contribution in [0.25, 0.3) is 17.2 Å². The number of allylic oxidation sites excluding steroid dienone is 1. The van der Waals surface area contributed by atoms with Crippen LogP contribution in [-0.2, 0) is 0 Å². The van der Waals surface area contributed by atoms with Gasteiger partial charge in [-0.25, -0.2) is 4.79 Å². The van der Waals surface area contributed by atoms with E-state index in [-0.39, 0.29) is 0 Å². The van der Waals surface area contributed by atoms with E-state index in [9.17, 15) is 9.90 Å². The monoisotopic (exact) mass is 286 g/mol. The number of halogens is 1. The maximum Gasteiger partial charge on any atom is 0.335 e. The highest BCUT2D eigenvalue weighted by atomic mass is 35.5. The van der Waals surface area contributed by atoms with E-state index in [1.165, 1.54) is 0 Å². The van der Waals surface area contributed by atoms with Crippen molar-refractivity contribution in [1.82, 2.24) is 0 Å². The molecule has 0 aliphatic carbocycles. The number of hydrogen-bond acceptors (Lipinski definition) is 1. The standard InChI is InChI=1S/C17H15ClO2/c1-3-4-13-9-14(10-16(11(13)2)17(19)20)12-5-7-15(18)8-6-12/h3-10H,1-2H3,(H,19,20)/b4-3-. The van der Waals surface area contributed by atoms with Crippen molar-refractivity contribution in [3.8, 4) is 11.1 Å². The maximum absolute atomic E-state index is 11.4. The van der Waals surface area contributed by atoms with Crippen LogP contribution in [0.3, 0.4) is 0 Å². The number of rotatable bonds is 3. The lowest BCUT2D eigenvalue weighted by Gasteiger charge is -2.10. The predicted molar refractivity (Wildman–Crippen MR) is 83.3 cm³/mol. The molecule has 2 aromatic carbocycles. The van der Waals surface area contributed by atoms with Crippen molar-refractivity contribution in [3.05, 3.63) is 64.2 Å². The van der Waals surface area contributed by atoms with E-state index in [1.54, 1.807) is 18.2 Å². The lowest BCUT2D eigenvalue weighted by molar-refractivity contribution is 0.0696. The normalized spacial score (nSPS) is 10.9. The number of carboxylic acids is 1. The molecule has 3 heteroatoms. The van der Waals surface area contributed by atoms with Crippen molar-refractivity contribution in [1.29, 1.82) is 0 Å². The lowest BCUT2D eigenvalue weighted by atomic mass is 9.95. The van der Waals surface area contributed by atoms with Gasteiger partial charge in [0.25, 0.3) is 0 Å². The second-order valence-electron chi connectivity index (χ2n) is 4.55. The minimum Gasteiger partial charge on any atom is -0.478 e. The number of aromatic carboxylic acids is 1. The second-order valence-corrected chi connectivity index (χ2v) is 4.99. The van der Waals surface area contributed by atoms with Gasteiger partial charge >= 0.3 is 5.97 Å². The third kappa shape index (κ3) is 2.91. The second kappa shape index (κ2) is 5.93. The Morgan fingerprint density at radius 3 is 2.35 bits per heavy atom. The van der Waals surface area contributed by atoms with Gasteiger partial charge < -0.3 is 5.11 Å². The Hall–Kier alpha value is -2.06. The molecular weight excluding hydrogens is 272 g/mol. The number of carbonyl (C=O) groups is 1. The van der Waals surface area contributed by atoms with Crippen LogP contribution in [-0.4, -0.2) is 11.1 Å². The summed E-state index contributed by atoms with van der Waals surface area (Å²) in [5.74, 6) is -0.913. The molecular formula is C17H15ClO2. The van der Waals surface area contributed by atoms with E-state index in [4.69, 9.17) is 11.6 Å². The zero-order valence-corrected chi connectivity index (χ0v) is 12.1. The fourth-order valence-corrected chi connectivity index (χ4v) is 2.25. The van der Waals surface area contributed by atoms with Gasteiger partial charge in [0.05, 0.1) is 5.56 Å². The molecule has 102 valence electrons. The molecule has 0 aromatic heterocycles. The molecule has 0 radical (unpaired) electrons. The molecule has 0 saturated carbocycles. The largest absolute Gasteiger partial charge is 0.478 e. The van der Waals surface area contributed by atoms with Crippen molar-refractivity contribution in [3.63, 3.8) is 0 Å². The average molecular weight is 287 g/mol. The van der Waals surface area contributed by atoms with Gasteiger partial charge in [-0.3, -0.25) is 0 Å². The molecule has 1 N–H and O–H groups in total. The molecule has 0 saturated heterocycles. The first kappa shape index (κ1) is 14.4. The molecule has 0 amide bonds. The molecule has 0 heterocycles. The molecule has 0 aliphatic heterocycles. The molecule has 0 bridgehead atoms. The van der Waals surface area contributed by atoms with Crippen LogP contribution in [0.15, 0.2) is 42.5 Å². The van der Waals surface area contributed by atoms with Gasteiger partial charge in [0, 0.05) is 5.02 Å². The highest BCUT2D eigenvalue weighted by Gasteiger charge is 2.12.